The van der Waals surface area contributed by atoms with Crippen molar-refractivity contribution in [3.05, 3.63) is 24.3 Å². The van der Waals surface area contributed by atoms with E-state index in [1.807, 2.05) is 20.8 Å². The minimum Gasteiger partial charge on any atom is -0.480 e. The Morgan fingerprint density at radius 1 is 0.973 bits per heavy atom. The molecule has 2 amide bonds. The summed E-state index contributed by atoms with van der Waals surface area (Å²) in [6.45, 7) is 7.04. The molecule has 0 heterocycles. The number of amides is 2. The normalized spacial score (nSPS) is 28.8. The Hall–Kier alpha value is -3.10. The lowest BCUT2D eigenvalue weighted by atomic mass is 9.43. The molecule has 202 valence electrons. The molecular weight excluding hydrogens is 476 g/mol. The van der Waals surface area contributed by atoms with Gasteiger partial charge in [0, 0.05) is 19.8 Å². The van der Waals surface area contributed by atoms with Gasteiger partial charge >= 0.3 is 18.0 Å². The molecule has 2 unspecified atom stereocenters. The molecule has 4 bridgehead atoms. The molecule has 0 spiro atoms. The van der Waals surface area contributed by atoms with Crippen LogP contribution in [-0.4, -0.2) is 59.7 Å². The molecule has 0 aromatic heterocycles. The molecule has 0 aliphatic heterocycles. The van der Waals surface area contributed by atoms with Gasteiger partial charge in [-0.15, -0.1) is 0 Å². The lowest BCUT2D eigenvalue weighted by Crippen LogP contribution is -2.62. The van der Waals surface area contributed by atoms with Gasteiger partial charge < -0.3 is 19.5 Å². The number of carboxylic acids is 1. The molecule has 3 atom stereocenters. The molecule has 0 saturated heterocycles. The van der Waals surface area contributed by atoms with Crippen molar-refractivity contribution in [3.63, 3.8) is 0 Å². The van der Waals surface area contributed by atoms with E-state index in [-0.39, 0.29) is 29.5 Å². The van der Waals surface area contributed by atoms with E-state index in [4.69, 9.17) is 9.47 Å². The van der Waals surface area contributed by atoms with Crippen LogP contribution in [0.4, 0.5) is 10.5 Å². The van der Waals surface area contributed by atoms with Gasteiger partial charge in [-0.2, -0.15) is 0 Å². The summed E-state index contributed by atoms with van der Waals surface area (Å²) in [7, 11) is 3.14. The number of ether oxygens (including phenoxy) is 2. The van der Waals surface area contributed by atoms with E-state index in [9.17, 15) is 24.3 Å². The van der Waals surface area contributed by atoms with Crippen molar-refractivity contribution in [3.8, 4) is 5.75 Å². The van der Waals surface area contributed by atoms with Crippen molar-refractivity contribution in [2.24, 2.45) is 22.7 Å². The predicted molar refractivity (Wildman–Crippen MR) is 136 cm³/mol. The topological polar surface area (TPSA) is 113 Å². The molecule has 4 aliphatic carbocycles. The van der Waals surface area contributed by atoms with Gasteiger partial charge in [0.15, 0.2) is 0 Å². The second kappa shape index (κ2) is 9.33. The maximum atomic E-state index is 14.4. The van der Waals surface area contributed by atoms with Crippen LogP contribution < -0.4 is 9.64 Å². The first-order valence-electron chi connectivity index (χ1n) is 12.9. The van der Waals surface area contributed by atoms with Gasteiger partial charge in [-0.25, -0.2) is 9.59 Å². The van der Waals surface area contributed by atoms with Gasteiger partial charge in [0.25, 0.3) is 0 Å². The van der Waals surface area contributed by atoms with Crippen molar-refractivity contribution >= 4 is 29.6 Å². The van der Waals surface area contributed by atoms with Crippen LogP contribution in [0, 0.1) is 22.7 Å². The Balaban J connectivity index is 1.66. The molecule has 1 aromatic rings. The van der Waals surface area contributed by atoms with E-state index < -0.39 is 34.5 Å². The van der Waals surface area contributed by atoms with E-state index in [1.54, 1.807) is 38.4 Å². The van der Waals surface area contributed by atoms with Crippen LogP contribution in [0.15, 0.2) is 24.3 Å². The van der Waals surface area contributed by atoms with Gasteiger partial charge in [0.2, 0.25) is 5.91 Å². The molecule has 4 saturated carbocycles. The third-order valence-electron chi connectivity index (χ3n) is 8.00. The highest BCUT2D eigenvalue weighted by molar-refractivity contribution is 6.03. The summed E-state index contributed by atoms with van der Waals surface area (Å²) in [5, 5.41) is 9.90. The van der Waals surface area contributed by atoms with Crippen molar-refractivity contribution in [2.45, 2.75) is 77.9 Å². The molecular formula is C28H38N2O7. The Morgan fingerprint density at radius 3 is 2.00 bits per heavy atom. The Kier molecular flexibility index (Phi) is 6.80. The van der Waals surface area contributed by atoms with E-state index >= 15 is 0 Å². The van der Waals surface area contributed by atoms with Crippen LogP contribution in [0.2, 0.25) is 0 Å². The number of rotatable bonds is 6. The van der Waals surface area contributed by atoms with E-state index in [0.717, 1.165) is 6.42 Å². The van der Waals surface area contributed by atoms with Crippen molar-refractivity contribution in [1.82, 2.24) is 4.90 Å². The summed E-state index contributed by atoms with van der Waals surface area (Å²) in [5.41, 5.74) is -1.75. The molecule has 37 heavy (non-hydrogen) atoms. The molecule has 4 fully saturated rings. The molecule has 4 aliphatic rings. The zero-order valence-electron chi connectivity index (χ0n) is 22.6. The van der Waals surface area contributed by atoms with Crippen LogP contribution in [0.1, 0.15) is 66.2 Å². The van der Waals surface area contributed by atoms with E-state index in [2.05, 4.69) is 0 Å². The van der Waals surface area contributed by atoms with Crippen molar-refractivity contribution < 1.29 is 33.8 Å². The highest BCUT2D eigenvalue weighted by Crippen LogP contribution is 2.66. The van der Waals surface area contributed by atoms with Crippen LogP contribution in [0.3, 0.4) is 0 Å². The zero-order chi connectivity index (χ0) is 27.3. The summed E-state index contributed by atoms with van der Waals surface area (Å²) >= 11 is 0. The average Bonchev–Trinajstić information content (AvgIpc) is 2.78. The number of carbonyl (C=O) groups excluding carboxylic acids is 3. The lowest BCUT2D eigenvalue weighted by Gasteiger charge is -2.60. The predicted octanol–water partition coefficient (Wildman–Crippen LogP) is 4.48. The molecule has 5 rings (SSSR count). The number of hydrogen-bond donors (Lipinski definition) is 1. The monoisotopic (exact) mass is 514 g/mol. The first kappa shape index (κ1) is 26.9. The first-order chi connectivity index (χ1) is 17.1. The number of carbonyl (C=O) groups is 4. The quantitative estimate of drug-likeness (QED) is 0.557. The summed E-state index contributed by atoms with van der Waals surface area (Å²) in [4.78, 5) is 54.5. The second-order valence-electron chi connectivity index (χ2n) is 12.5. The molecule has 1 aromatic carbocycles. The first-order valence-corrected chi connectivity index (χ1v) is 12.9. The summed E-state index contributed by atoms with van der Waals surface area (Å²) in [6, 6.07) is 5.17. The maximum Gasteiger partial charge on any atom is 0.414 e. The van der Waals surface area contributed by atoms with Crippen LogP contribution in [0.25, 0.3) is 0 Å². The smallest absolute Gasteiger partial charge is 0.414 e. The third-order valence-corrected chi connectivity index (χ3v) is 8.00. The van der Waals surface area contributed by atoms with Crippen molar-refractivity contribution in [1.29, 1.82) is 0 Å². The number of esters is 1. The molecule has 1 N–H and O–H groups in total. The fraction of sp³-hybridized carbons (Fsp3) is 0.643. The van der Waals surface area contributed by atoms with Gasteiger partial charge in [-0.05, 0) is 102 Å². The van der Waals surface area contributed by atoms with Crippen LogP contribution >= 0.6 is 0 Å². The number of carboxylic acid groups (broad SMARTS) is 1. The minimum absolute atomic E-state index is 0.229. The van der Waals surface area contributed by atoms with E-state index in [0.29, 0.717) is 37.8 Å². The Morgan fingerprint density at radius 2 is 1.51 bits per heavy atom. The SMILES string of the molecule is C[C@@H](C(=O)O)N(C(=O)C12CC3CC(CC(C(=O)OC(C)(C)C)(C3)C1)C2)c1ccc(OC(=O)N(C)C)cc1. The van der Waals surface area contributed by atoms with Crippen molar-refractivity contribution in [2.75, 3.05) is 19.0 Å². The lowest BCUT2D eigenvalue weighted by molar-refractivity contribution is -0.192. The number of benzene rings is 1. The van der Waals surface area contributed by atoms with Gasteiger partial charge in [0.1, 0.15) is 17.4 Å². The largest absolute Gasteiger partial charge is 0.480 e. The number of aliphatic carboxylic acids is 1. The Labute approximate surface area is 218 Å². The van der Waals surface area contributed by atoms with Gasteiger partial charge in [0.05, 0.1) is 10.8 Å². The maximum absolute atomic E-state index is 14.4. The fourth-order valence-electron chi connectivity index (χ4n) is 6.89. The van der Waals surface area contributed by atoms with Crippen LogP contribution in [0.5, 0.6) is 5.75 Å². The van der Waals surface area contributed by atoms with Gasteiger partial charge in [-0.3, -0.25) is 14.5 Å². The average molecular weight is 515 g/mol. The third kappa shape index (κ3) is 5.18. The van der Waals surface area contributed by atoms with Gasteiger partial charge in [-0.1, -0.05) is 0 Å². The summed E-state index contributed by atoms with van der Waals surface area (Å²) in [6.07, 6.45) is 3.55. The fourth-order valence-corrected chi connectivity index (χ4v) is 6.89. The number of anilines is 1. The Bertz CT molecular complexity index is 1070. The zero-order valence-corrected chi connectivity index (χ0v) is 22.6. The number of hydrogen-bond acceptors (Lipinski definition) is 6. The molecule has 9 nitrogen and oxygen atoms in total. The summed E-state index contributed by atoms with van der Waals surface area (Å²) < 4.78 is 11.1. The second-order valence-corrected chi connectivity index (χ2v) is 12.5. The van der Waals surface area contributed by atoms with E-state index in [1.165, 1.54) is 16.7 Å². The number of nitrogens with zero attached hydrogens (tertiary/aromatic N) is 2. The summed E-state index contributed by atoms with van der Waals surface area (Å²) in [5.74, 6) is -0.877. The molecule has 9 heteroatoms. The molecule has 0 radical (unpaired) electrons. The van der Waals surface area contributed by atoms with Crippen LogP contribution in [-0.2, 0) is 19.1 Å². The highest BCUT2D eigenvalue weighted by Gasteiger charge is 2.65. The standard InChI is InChI=1S/C28H38N2O7/c1-17(22(31)32)30(20-7-9-21(10-8-20)36-25(35)29(5)6)23(33)27-12-18-11-19(13-27)15-28(14-18,16-27)24(34)37-26(2,3)4/h7-10,17-19H,11-16H2,1-6H3,(H,31,32)/t17-,18?,19?,27?,28?/m0/s1. The minimum atomic E-state index is -1.12. The highest BCUT2D eigenvalue weighted by atomic mass is 16.6.